The van der Waals surface area contributed by atoms with Crippen LogP contribution in [-0.2, 0) is 18.0 Å². The molecule has 1 aliphatic rings. The highest BCUT2D eigenvalue weighted by Gasteiger charge is 2.40. The zero-order valence-electron chi connectivity index (χ0n) is 14.4. The van der Waals surface area contributed by atoms with Crippen molar-refractivity contribution in [2.45, 2.75) is 65.8 Å². The third-order valence-electron chi connectivity index (χ3n) is 4.35. The second-order valence-electron chi connectivity index (χ2n) is 5.89. The Morgan fingerprint density at radius 2 is 1.43 bits per heavy atom. The molecule has 0 bridgehead atoms. The van der Waals surface area contributed by atoms with E-state index in [-0.39, 0.29) is 0 Å². The maximum atomic E-state index is 5.89. The van der Waals surface area contributed by atoms with Gasteiger partial charge in [-0.15, -0.1) is 0 Å². The molecule has 0 aromatic carbocycles. The fourth-order valence-electron chi connectivity index (χ4n) is 2.94. The molecule has 0 N–H and O–H groups in total. The topological polar surface area (TPSA) is 36.9 Å². The first-order valence-corrected chi connectivity index (χ1v) is 10.6. The Kier molecular flexibility index (Phi) is 9.05. The molecule has 0 radical (unpaired) electrons. The van der Waals surface area contributed by atoms with E-state index in [0.29, 0.717) is 25.2 Å². The number of ether oxygens (including phenoxy) is 1. The molecule has 126 valence electrons. The molecule has 0 aromatic heterocycles. The zero-order valence-corrected chi connectivity index (χ0v) is 15.4. The summed E-state index contributed by atoms with van der Waals surface area (Å²) in [5, 5.41) is 0. The highest BCUT2D eigenvalue weighted by Crippen LogP contribution is 2.36. The van der Waals surface area contributed by atoms with Crippen molar-refractivity contribution < 1.29 is 18.0 Å². The third kappa shape index (κ3) is 5.98. The molecule has 0 spiro atoms. The van der Waals surface area contributed by atoms with Crippen molar-refractivity contribution in [2.75, 3.05) is 33.0 Å². The lowest BCUT2D eigenvalue weighted by molar-refractivity contribution is -0.120. The number of hydrogen-bond acceptors (Lipinski definition) is 4. The first kappa shape index (κ1) is 19.1. The second kappa shape index (κ2) is 9.95. The van der Waals surface area contributed by atoms with Gasteiger partial charge >= 0.3 is 8.80 Å². The number of hydrogen-bond donors (Lipinski definition) is 0. The summed E-state index contributed by atoms with van der Waals surface area (Å²) >= 11 is 0. The summed E-state index contributed by atoms with van der Waals surface area (Å²) < 4.78 is 23.0. The van der Waals surface area contributed by atoms with Crippen molar-refractivity contribution >= 4 is 8.80 Å². The number of unbranched alkanes of at least 4 members (excludes halogenated alkanes) is 2. The maximum Gasteiger partial charge on any atom is 0.500 e. The molecule has 0 unspecified atom stereocenters. The Balaban J connectivity index is 2.28. The van der Waals surface area contributed by atoms with E-state index >= 15 is 0 Å². The molecular formula is C16H34O4Si. The van der Waals surface area contributed by atoms with Crippen LogP contribution in [0.2, 0.25) is 6.04 Å². The van der Waals surface area contributed by atoms with Crippen molar-refractivity contribution in [1.29, 1.82) is 0 Å². The van der Waals surface area contributed by atoms with Gasteiger partial charge in [0, 0.05) is 31.3 Å². The van der Waals surface area contributed by atoms with Gasteiger partial charge in [0.05, 0.1) is 13.2 Å². The molecule has 1 rings (SSSR count). The Labute approximate surface area is 131 Å². The Bertz CT molecular complexity index is 246. The van der Waals surface area contributed by atoms with Gasteiger partial charge in [-0.05, 0) is 40.0 Å². The quantitative estimate of drug-likeness (QED) is 0.380. The Hall–Kier alpha value is 0.0569. The largest absolute Gasteiger partial charge is 0.500 e. The van der Waals surface area contributed by atoms with Crippen molar-refractivity contribution in [3.8, 4) is 0 Å². The van der Waals surface area contributed by atoms with E-state index in [0.717, 1.165) is 25.7 Å². The molecule has 1 aliphatic heterocycles. The molecule has 21 heavy (non-hydrogen) atoms. The average molecular weight is 319 g/mol. The van der Waals surface area contributed by atoms with Gasteiger partial charge < -0.3 is 18.0 Å². The van der Waals surface area contributed by atoms with E-state index in [2.05, 4.69) is 6.92 Å². The molecule has 0 saturated carbocycles. The number of rotatable bonds is 13. The van der Waals surface area contributed by atoms with Gasteiger partial charge in [-0.1, -0.05) is 19.8 Å². The maximum absolute atomic E-state index is 5.89. The van der Waals surface area contributed by atoms with E-state index in [9.17, 15) is 0 Å². The predicted octanol–water partition coefficient (Wildman–Crippen LogP) is 4.02. The highest BCUT2D eigenvalue weighted by molar-refractivity contribution is 6.60. The van der Waals surface area contributed by atoms with Gasteiger partial charge in [0.2, 0.25) is 0 Å². The first-order chi connectivity index (χ1) is 10.2. The fourth-order valence-corrected chi connectivity index (χ4v) is 5.62. The van der Waals surface area contributed by atoms with Gasteiger partial charge in [0.25, 0.3) is 0 Å². The predicted molar refractivity (Wildman–Crippen MR) is 87.5 cm³/mol. The summed E-state index contributed by atoms with van der Waals surface area (Å²) in [5.74, 6) is 0. The van der Waals surface area contributed by atoms with Gasteiger partial charge in [-0.2, -0.15) is 0 Å². The summed E-state index contributed by atoms with van der Waals surface area (Å²) in [6, 6.07) is 0.943. The molecule has 0 aliphatic carbocycles. The highest BCUT2D eigenvalue weighted by atomic mass is 28.4. The third-order valence-corrected chi connectivity index (χ3v) is 7.50. The van der Waals surface area contributed by atoms with Crippen LogP contribution >= 0.6 is 0 Å². The van der Waals surface area contributed by atoms with Crippen LogP contribution in [0.1, 0.15) is 59.8 Å². The van der Waals surface area contributed by atoms with E-state index < -0.39 is 8.80 Å². The van der Waals surface area contributed by atoms with Crippen LogP contribution in [0.15, 0.2) is 0 Å². The van der Waals surface area contributed by atoms with E-state index in [4.69, 9.17) is 18.0 Å². The standard InChI is InChI=1S/C16H34O4Si/c1-5-16(14-17-15-16)12-10-9-11-13-21(18-6-2,19-7-3)20-8-4/h5-15H2,1-4H3. The van der Waals surface area contributed by atoms with Gasteiger partial charge in [-0.25, -0.2) is 0 Å². The lowest BCUT2D eigenvalue weighted by Gasteiger charge is -2.41. The summed E-state index contributed by atoms with van der Waals surface area (Å²) in [4.78, 5) is 0. The molecule has 0 aromatic rings. The molecular weight excluding hydrogens is 284 g/mol. The molecule has 1 fully saturated rings. The average Bonchev–Trinajstić information content (AvgIpc) is 2.42. The Morgan fingerprint density at radius 3 is 1.81 bits per heavy atom. The van der Waals surface area contributed by atoms with Crippen LogP contribution in [0.5, 0.6) is 0 Å². The fraction of sp³-hybridized carbons (Fsp3) is 1.00. The van der Waals surface area contributed by atoms with Gasteiger partial charge in [0.1, 0.15) is 0 Å². The molecule has 5 heteroatoms. The Morgan fingerprint density at radius 1 is 0.857 bits per heavy atom. The van der Waals surface area contributed by atoms with E-state index in [1.165, 1.54) is 25.7 Å². The lowest BCUT2D eigenvalue weighted by atomic mass is 9.78. The minimum absolute atomic E-state index is 0.480. The van der Waals surface area contributed by atoms with Crippen LogP contribution < -0.4 is 0 Å². The lowest BCUT2D eigenvalue weighted by Crippen LogP contribution is -2.46. The summed E-state index contributed by atoms with van der Waals surface area (Å²) in [6.45, 7) is 12.2. The van der Waals surface area contributed by atoms with Crippen LogP contribution in [0.25, 0.3) is 0 Å². The van der Waals surface area contributed by atoms with Gasteiger partial charge in [0.15, 0.2) is 0 Å². The molecule has 1 saturated heterocycles. The molecule has 4 nitrogen and oxygen atoms in total. The molecule has 0 amide bonds. The smallest absolute Gasteiger partial charge is 0.380 e. The summed E-state index contributed by atoms with van der Waals surface area (Å²) in [7, 11) is -2.42. The first-order valence-electron chi connectivity index (χ1n) is 8.65. The van der Waals surface area contributed by atoms with Crippen LogP contribution in [-0.4, -0.2) is 41.8 Å². The van der Waals surface area contributed by atoms with Crippen molar-refractivity contribution in [3.05, 3.63) is 0 Å². The van der Waals surface area contributed by atoms with E-state index in [1.807, 2.05) is 20.8 Å². The monoisotopic (exact) mass is 318 g/mol. The second-order valence-corrected chi connectivity index (χ2v) is 8.62. The van der Waals surface area contributed by atoms with Crippen LogP contribution in [0.3, 0.4) is 0 Å². The van der Waals surface area contributed by atoms with E-state index in [1.54, 1.807) is 0 Å². The van der Waals surface area contributed by atoms with Crippen LogP contribution in [0.4, 0.5) is 0 Å². The SMILES string of the molecule is CCO[Si](CCCCCC1(CC)COC1)(OCC)OCC. The van der Waals surface area contributed by atoms with Crippen molar-refractivity contribution in [1.82, 2.24) is 0 Å². The minimum atomic E-state index is -2.42. The normalized spacial score (nSPS) is 17.7. The molecule has 1 heterocycles. The van der Waals surface area contributed by atoms with Crippen molar-refractivity contribution in [2.24, 2.45) is 5.41 Å². The van der Waals surface area contributed by atoms with Crippen LogP contribution in [0, 0.1) is 5.41 Å². The van der Waals surface area contributed by atoms with Crippen molar-refractivity contribution in [3.63, 3.8) is 0 Å². The summed E-state index contributed by atoms with van der Waals surface area (Å²) in [6.07, 6.45) is 6.15. The molecule has 0 atom stereocenters. The minimum Gasteiger partial charge on any atom is -0.380 e. The summed E-state index contributed by atoms with van der Waals surface area (Å²) in [5.41, 5.74) is 0.480. The zero-order chi connectivity index (χ0) is 15.6. The van der Waals surface area contributed by atoms with Gasteiger partial charge in [-0.3, -0.25) is 0 Å².